The van der Waals surface area contributed by atoms with E-state index in [-0.39, 0.29) is 12.1 Å². The molecule has 1 fully saturated rings. The highest BCUT2D eigenvalue weighted by molar-refractivity contribution is 5.81. The van der Waals surface area contributed by atoms with Gasteiger partial charge < -0.3 is 24.3 Å². The standard InChI is InChI=1S/C15H29NO5/c1-4-20-14(17)15(16-2)7-6-13(12-15)21-11-10-19-9-5-8-18-3/h13,16H,4-12H2,1-3H3. The molecule has 6 nitrogen and oxygen atoms in total. The maximum Gasteiger partial charge on any atom is 0.326 e. The Morgan fingerprint density at radius 3 is 2.76 bits per heavy atom. The van der Waals surface area contributed by atoms with E-state index < -0.39 is 5.54 Å². The van der Waals surface area contributed by atoms with Crippen LogP contribution in [-0.4, -0.2) is 64.8 Å². The Balaban J connectivity index is 2.19. The predicted molar refractivity (Wildman–Crippen MR) is 79.3 cm³/mol. The van der Waals surface area contributed by atoms with Crippen molar-refractivity contribution in [2.75, 3.05) is 47.2 Å². The lowest BCUT2D eigenvalue weighted by molar-refractivity contribution is -0.151. The molecule has 1 aliphatic carbocycles. The molecule has 1 saturated carbocycles. The summed E-state index contributed by atoms with van der Waals surface area (Å²) < 4.78 is 21.3. The first kappa shape index (κ1) is 18.4. The molecular formula is C15H29NO5. The summed E-state index contributed by atoms with van der Waals surface area (Å²) in [6.45, 7) is 4.76. The fourth-order valence-corrected chi connectivity index (χ4v) is 2.61. The van der Waals surface area contributed by atoms with Crippen molar-refractivity contribution in [1.82, 2.24) is 5.32 Å². The molecule has 1 aliphatic rings. The number of ether oxygens (including phenoxy) is 4. The summed E-state index contributed by atoms with van der Waals surface area (Å²) in [4.78, 5) is 12.0. The average Bonchev–Trinajstić information content (AvgIpc) is 2.91. The van der Waals surface area contributed by atoms with Crippen LogP contribution in [0.4, 0.5) is 0 Å². The van der Waals surface area contributed by atoms with Gasteiger partial charge in [-0.15, -0.1) is 0 Å². The zero-order chi connectivity index (χ0) is 15.6. The summed E-state index contributed by atoms with van der Waals surface area (Å²) in [6.07, 6.45) is 3.26. The molecule has 0 aromatic rings. The number of nitrogens with one attached hydrogen (secondary N) is 1. The minimum Gasteiger partial charge on any atom is -0.465 e. The highest BCUT2D eigenvalue weighted by Gasteiger charge is 2.45. The molecule has 0 saturated heterocycles. The van der Waals surface area contributed by atoms with Crippen molar-refractivity contribution in [3.05, 3.63) is 0 Å². The van der Waals surface area contributed by atoms with Gasteiger partial charge in [0, 0.05) is 26.7 Å². The van der Waals surface area contributed by atoms with Gasteiger partial charge in [0.05, 0.1) is 25.9 Å². The molecule has 0 bridgehead atoms. The zero-order valence-corrected chi connectivity index (χ0v) is 13.5. The van der Waals surface area contributed by atoms with E-state index in [2.05, 4.69) is 5.32 Å². The number of rotatable bonds is 11. The zero-order valence-electron chi connectivity index (χ0n) is 13.5. The summed E-state index contributed by atoms with van der Waals surface area (Å²) in [5.74, 6) is -0.172. The number of hydrogen-bond acceptors (Lipinski definition) is 6. The van der Waals surface area contributed by atoms with Gasteiger partial charge in [-0.05, 0) is 33.2 Å². The van der Waals surface area contributed by atoms with Gasteiger partial charge in [-0.3, -0.25) is 4.79 Å². The molecule has 21 heavy (non-hydrogen) atoms. The third-order valence-corrected chi connectivity index (χ3v) is 3.83. The van der Waals surface area contributed by atoms with Crippen molar-refractivity contribution < 1.29 is 23.7 Å². The largest absolute Gasteiger partial charge is 0.465 e. The summed E-state index contributed by atoms with van der Waals surface area (Å²) in [5.41, 5.74) is -0.583. The van der Waals surface area contributed by atoms with Gasteiger partial charge >= 0.3 is 5.97 Å². The highest BCUT2D eigenvalue weighted by atomic mass is 16.5. The topological polar surface area (TPSA) is 66.0 Å². The lowest BCUT2D eigenvalue weighted by Gasteiger charge is -2.26. The van der Waals surface area contributed by atoms with Crippen LogP contribution in [0.3, 0.4) is 0 Å². The van der Waals surface area contributed by atoms with Crippen LogP contribution in [-0.2, 0) is 23.7 Å². The maximum absolute atomic E-state index is 12.0. The number of likely N-dealkylation sites (N-methyl/N-ethyl adjacent to an activating group) is 1. The Morgan fingerprint density at radius 2 is 2.10 bits per heavy atom. The summed E-state index contributed by atoms with van der Waals surface area (Å²) in [5, 5.41) is 3.12. The fourth-order valence-electron chi connectivity index (χ4n) is 2.61. The van der Waals surface area contributed by atoms with Gasteiger partial charge in [0.2, 0.25) is 0 Å². The van der Waals surface area contributed by atoms with Gasteiger partial charge in [0.25, 0.3) is 0 Å². The van der Waals surface area contributed by atoms with Crippen LogP contribution in [0.15, 0.2) is 0 Å². The van der Waals surface area contributed by atoms with E-state index in [0.717, 1.165) is 19.3 Å². The lowest BCUT2D eigenvalue weighted by atomic mass is 9.98. The van der Waals surface area contributed by atoms with Crippen molar-refractivity contribution in [3.8, 4) is 0 Å². The van der Waals surface area contributed by atoms with Crippen LogP contribution in [0, 0.1) is 0 Å². The van der Waals surface area contributed by atoms with Crippen molar-refractivity contribution in [1.29, 1.82) is 0 Å². The minimum atomic E-state index is -0.583. The average molecular weight is 303 g/mol. The Labute approximate surface area is 127 Å². The second-order valence-corrected chi connectivity index (χ2v) is 5.25. The van der Waals surface area contributed by atoms with Gasteiger partial charge in [-0.25, -0.2) is 0 Å². The molecule has 0 heterocycles. The Bertz CT molecular complexity index is 300. The van der Waals surface area contributed by atoms with Crippen LogP contribution in [0.2, 0.25) is 0 Å². The molecule has 1 N–H and O–H groups in total. The molecule has 2 unspecified atom stereocenters. The van der Waals surface area contributed by atoms with Crippen LogP contribution in [0.25, 0.3) is 0 Å². The molecule has 0 radical (unpaired) electrons. The quantitative estimate of drug-likeness (QED) is 0.456. The Hall–Kier alpha value is -0.690. The van der Waals surface area contributed by atoms with Gasteiger partial charge in [0.1, 0.15) is 5.54 Å². The first-order valence-corrected chi connectivity index (χ1v) is 7.73. The summed E-state index contributed by atoms with van der Waals surface area (Å²) in [7, 11) is 3.49. The third kappa shape index (κ3) is 5.90. The second-order valence-electron chi connectivity index (χ2n) is 5.25. The Morgan fingerprint density at radius 1 is 1.29 bits per heavy atom. The number of hydrogen-bond donors (Lipinski definition) is 1. The normalized spacial score (nSPS) is 25.2. The van der Waals surface area contributed by atoms with Crippen LogP contribution >= 0.6 is 0 Å². The van der Waals surface area contributed by atoms with Gasteiger partial charge in [0.15, 0.2) is 0 Å². The summed E-state index contributed by atoms with van der Waals surface area (Å²) >= 11 is 0. The number of esters is 1. The van der Waals surface area contributed by atoms with Crippen LogP contribution in [0.5, 0.6) is 0 Å². The fraction of sp³-hybridized carbons (Fsp3) is 0.933. The molecule has 124 valence electrons. The predicted octanol–water partition coefficient (Wildman–Crippen LogP) is 1.13. The van der Waals surface area contributed by atoms with Crippen molar-refractivity contribution in [2.45, 2.75) is 44.2 Å². The Kier molecular flexibility index (Phi) is 8.84. The molecule has 1 rings (SSSR count). The number of carbonyl (C=O) groups is 1. The smallest absolute Gasteiger partial charge is 0.326 e. The SMILES string of the molecule is CCOC(=O)C1(NC)CCC(OCCOCCCOC)C1. The van der Waals surface area contributed by atoms with Gasteiger partial charge in [-0.1, -0.05) is 0 Å². The highest BCUT2D eigenvalue weighted by Crippen LogP contribution is 2.32. The van der Waals surface area contributed by atoms with Crippen molar-refractivity contribution in [2.24, 2.45) is 0 Å². The van der Waals surface area contributed by atoms with E-state index in [1.807, 2.05) is 6.92 Å². The first-order valence-electron chi connectivity index (χ1n) is 7.73. The van der Waals surface area contributed by atoms with Crippen molar-refractivity contribution in [3.63, 3.8) is 0 Å². The monoisotopic (exact) mass is 303 g/mol. The van der Waals surface area contributed by atoms with E-state index in [1.165, 1.54) is 0 Å². The van der Waals surface area contributed by atoms with E-state index in [4.69, 9.17) is 18.9 Å². The molecule has 0 aromatic carbocycles. The lowest BCUT2D eigenvalue weighted by Crippen LogP contribution is -2.49. The van der Waals surface area contributed by atoms with Gasteiger partial charge in [-0.2, -0.15) is 0 Å². The van der Waals surface area contributed by atoms with E-state index >= 15 is 0 Å². The molecule has 2 atom stereocenters. The van der Waals surface area contributed by atoms with Crippen molar-refractivity contribution >= 4 is 5.97 Å². The minimum absolute atomic E-state index is 0.0874. The van der Waals surface area contributed by atoms with E-state index in [1.54, 1.807) is 14.2 Å². The molecule has 0 aliphatic heterocycles. The van der Waals surface area contributed by atoms with E-state index in [9.17, 15) is 4.79 Å². The van der Waals surface area contributed by atoms with Crippen LogP contribution in [0.1, 0.15) is 32.6 Å². The molecule has 0 amide bonds. The third-order valence-electron chi connectivity index (χ3n) is 3.83. The molecule has 0 spiro atoms. The number of methoxy groups -OCH3 is 1. The first-order chi connectivity index (χ1) is 10.2. The number of carbonyl (C=O) groups excluding carboxylic acids is 1. The molecular weight excluding hydrogens is 274 g/mol. The maximum atomic E-state index is 12.0. The van der Waals surface area contributed by atoms with E-state index in [0.29, 0.717) is 39.5 Å². The molecule has 6 heteroatoms. The molecule has 0 aromatic heterocycles. The van der Waals surface area contributed by atoms with Crippen LogP contribution < -0.4 is 5.32 Å². The summed E-state index contributed by atoms with van der Waals surface area (Å²) in [6, 6.07) is 0. The second kappa shape index (κ2) is 10.1.